The minimum absolute atomic E-state index is 2.43. The van der Waals surface area contributed by atoms with E-state index in [2.05, 4.69) is 0 Å². The molecule has 0 saturated carbocycles. The van der Waals surface area contributed by atoms with E-state index in [9.17, 15) is 17.6 Å². The Kier molecular flexibility index (Phi) is 2.30. The minimum atomic E-state index is -3.57. The number of aliphatic hydroxyl groups excluding tert-OH is 1. The summed E-state index contributed by atoms with van der Waals surface area (Å²) in [7, 11) is 0. The Labute approximate surface area is 42.2 Å². The summed E-state index contributed by atoms with van der Waals surface area (Å²) in [6.07, 6.45) is -3.57. The number of aliphatic hydroxyl groups is 1. The van der Waals surface area contributed by atoms with Crippen molar-refractivity contribution >= 4 is 0 Å². The molecule has 0 spiro atoms. The lowest BCUT2D eigenvalue weighted by Crippen LogP contribution is -1.92. The molecule has 0 rings (SSSR count). The van der Waals surface area contributed by atoms with Gasteiger partial charge in [0, 0.05) is 0 Å². The summed E-state index contributed by atoms with van der Waals surface area (Å²) in [5.41, 5.74) is 0. The van der Waals surface area contributed by atoms with Gasteiger partial charge in [-0.05, 0) is 0 Å². The largest absolute Gasteiger partial charge is 0.484 e. The highest BCUT2D eigenvalue weighted by Crippen LogP contribution is 2.13. The molecule has 0 amide bonds. The minimum Gasteiger partial charge on any atom is -0.484 e. The molecule has 1 N–H and O–H groups in total. The number of allylic oxidation sites excluding steroid dienone is 1. The van der Waals surface area contributed by atoms with Crippen LogP contribution < -0.4 is 0 Å². The molecule has 0 fully saturated rings. The third-order valence-corrected chi connectivity index (χ3v) is 0.389. The SMILES string of the molecule is OC(F)=C(F)C(F)F. The molecule has 0 unspecified atom stereocenters. The Bertz CT molecular complexity index is 104. The molecule has 0 aromatic rings. The molecule has 0 saturated heterocycles. The average molecular weight is 130 g/mol. The van der Waals surface area contributed by atoms with E-state index in [0.717, 1.165) is 0 Å². The van der Waals surface area contributed by atoms with Gasteiger partial charge in [0.05, 0.1) is 0 Å². The van der Waals surface area contributed by atoms with Gasteiger partial charge in [-0.1, -0.05) is 0 Å². The fourth-order valence-corrected chi connectivity index (χ4v) is 0.0900. The Morgan fingerprint density at radius 2 is 1.62 bits per heavy atom. The zero-order valence-corrected chi connectivity index (χ0v) is 3.54. The Morgan fingerprint density at radius 3 is 1.62 bits per heavy atom. The lowest BCUT2D eigenvalue weighted by Gasteiger charge is -1.89. The van der Waals surface area contributed by atoms with E-state index >= 15 is 0 Å². The van der Waals surface area contributed by atoms with Crippen LogP contribution in [0, 0.1) is 0 Å². The van der Waals surface area contributed by atoms with Crippen LogP contribution >= 0.6 is 0 Å². The molecule has 0 heterocycles. The van der Waals surface area contributed by atoms with Crippen LogP contribution in [-0.2, 0) is 0 Å². The van der Waals surface area contributed by atoms with Gasteiger partial charge < -0.3 is 5.11 Å². The second-order valence-corrected chi connectivity index (χ2v) is 0.939. The fourth-order valence-electron chi connectivity index (χ4n) is 0.0900. The maximum absolute atomic E-state index is 11.2. The van der Waals surface area contributed by atoms with Crippen molar-refractivity contribution < 1.29 is 22.7 Å². The Balaban J connectivity index is 4.00. The summed E-state index contributed by atoms with van der Waals surface area (Å²) in [5, 5.41) is 7.35. The molecule has 0 aliphatic heterocycles. The van der Waals surface area contributed by atoms with Crippen LogP contribution in [0.1, 0.15) is 0 Å². The van der Waals surface area contributed by atoms with Crippen LogP contribution in [0.15, 0.2) is 11.8 Å². The van der Waals surface area contributed by atoms with Gasteiger partial charge in [-0.25, -0.2) is 8.78 Å². The van der Waals surface area contributed by atoms with Gasteiger partial charge in [-0.3, -0.25) is 0 Å². The molecule has 1 nitrogen and oxygen atoms in total. The van der Waals surface area contributed by atoms with E-state index in [1.807, 2.05) is 0 Å². The molecular formula is C3H2F4O. The highest BCUT2D eigenvalue weighted by Gasteiger charge is 2.15. The first-order valence-electron chi connectivity index (χ1n) is 1.58. The lowest BCUT2D eigenvalue weighted by molar-refractivity contribution is 0.132. The molecule has 0 radical (unpaired) electrons. The number of alkyl halides is 2. The molecule has 48 valence electrons. The standard InChI is InChI=1S/C3H2F4O/c4-1(2(5)6)3(7)8/h2,8H. The summed E-state index contributed by atoms with van der Waals surface area (Å²) in [5.74, 6) is -2.43. The Morgan fingerprint density at radius 1 is 1.25 bits per heavy atom. The van der Waals surface area contributed by atoms with Crippen LogP contribution in [0.25, 0.3) is 0 Å². The lowest BCUT2D eigenvalue weighted by atomic mass is 10.6. The number of halogens is 4. The van der Waals surface area contributed by atoms with Crippen molar-refractivity contribution in [3.05, 3.63) is 11.8 Å². The van der Waals surface area contributed by atoms with Crippen molar-refractivity contribution in [2.24, 2.45) is 0 Å². The second-order valence-electron chi connectivity index (χ2n) is 0.939. The van der Waals surface area contributed by atoms with Gasteiger partial charge in [0.15, 0.2) is 0 Å². The van der Waals surface area contributed by atoms with Gasteiger partial charge in [-0.2, -0.15) is 8.78 Å². The maximum atomic E-state index is 11.2. The zero-order valence-electron chi connectivity index (χ0n) is 3.54. The summed E-state index contributed by atoms with van der Waals surface area (Å²) >= 11 is 0. The van der Waals surface area contributed by atoms with E-state index in [-0.39, 0.29) is 0 Å². The molecule has 5 heteroatoms. The predicted molar refractivity (Wildman–Crippen MR) is 17.9 cm³/mol. The topological polar surface area (TPSA) is 20.2 Å². The quantitative estimate of drug-likeness (QED) is 0.424. The highest BCUT2D eigenvalue weighted by molar-refractivity contribution is 4.93. The van der Waals surface area contributed by atoms with Gasteiger partial charge >= 0.3 is 6.01 Å². The number of hydrogen-bond acceptors (Lipinski definition) is 1. The van der Waals surface area contributed by atoms with Crippen LogP contribution in [0.3, 0.4) is 0 Å². The molecular weight excluding hydrogens is 128 g/mol. The third-order valence-electron chi connectivity index (χ3n) is 0.389. The summed E-state index contributed by atoms with van der Waals surface area (Å²) < 4.78 is 43.8. The number of hydrogen-bond donors (Lipinski definition) is 1. The van der Waals surface area contributed by atoms with E-state index in [1.165, 1.54) is 0 Å². The first kappa shape index (κ1) is 7.26. The fraction of sp³-hybridized carbons (Fsp3) is 0.333. The van der Waals surface area contributed by atoms with Crippen LogP contribution in [0.5, 0.6) is 0 Å². The van der Waals surface area contributed by atoms with E-state index in [0.29, 0.717) is 0 Å². The average Bonchev–Trinajstić information content (AvgIpc) is 1.64. The van der Waals surface area contributed by atoms with Crippen molar-refractivity contribution in [3.8, 4) is 0 Å². The first-order chi connectivity index (χ1) is 3.55. The molecule has 0 aromatic heterocycles. The Hall–Kier alpha value is -0.740. The third kappa shape index (κ3) is 1.81. The zero-order chi connectivity index (χ0) is 6.73. The van der Waals surface area contributed by atoms with Gasteiger partial charge in [0.1, 0.15) is 0 Å². The molecule has 0 aliphatic carbocycles. The maximum Gasteiger partial charge on any atom is 0.308 e. The van der Waals surface area contributed by atoms with Gasteiger partial charge in [-0.15, -0.1) is 0 Å². The molecule has 0 bridgehead atoms. The van der Waals surface area contributed by atoms with Crippen molar-refractivity contribution in [2.75, 3.05) is 0 Å². The van der Waals surface area contributed by atoms with E-state index in [1.54, 1.807) is 0 Å². The van der Waals surface area contributed by atoms with Crippen molar-refractivity contribution in [3.63, 3.8) is 0 Å². The van der Waals surface area contributed by atoms with Gasteiger partial charge in [0.2, 0.25) is 5.83 Å². The predicted octanol–water partition coefficient (Wildman–Crippen LogP) is 1.92. The first-order valence-corrected chi connectivity index (χ1v) is 1.58. The van der Waals surface area contributed by atoms with Gasteiger partial charge in [0.25, 0.3) is 6.43 Å². The normalized spacial score (nSPS) is 14.1. The molecule has 0 atom stereocenters. The van der Waals surface area contributed by atoms with Crippen molar-refractivity contribution in [1.29, 1.82) is 0 Å². The second kappa shape index (κ2) is 2.54. The molecule has 0 aliphatic rings. The van der Waals surface area contributed by atoms with Crippen molar-refractivity contribution in [2.45, 2.75) is 6.43 Å². The summed E-state index contributed by atoms with van der Waals surface area (Å²) in [6.45, 7) is 0. The van der Waals surface area contributed by atoms with Crippen LogP contribution in [0.4, 0.5) is 17.6 Å². The highest BCUT2D eigenvalue weighted by atomic mass is 19.3. The monoisotopic (exact) mass is 130 g/mol. The van der Waals surface area contributed by atoms with Crippen LogP contribution in [-0.4, -0.2) is 11.5 Å². The molecule has 0 aromatic carbocycles. The number of rotatable bonds is 1. The van der Waals surface area contributed by atoms with E-state index in [4.69, 9.17) is 5.11 Å². The summed E-state index contributed by atoms with van der Waals surface area (Å²) in [6, 6.07) is -2.46. The van der Waals surface area contributed by atoms with Crippen molar-refractivity contribution in [1.82, 2.24) is 0 Å². The summed E-state index contributed by atoms with van der Waals surface area (Å²) in [4.78, 5) is 0. The van der Waals surface area contributed by atoms with E-state index < -0.39 is 18.3 Å². The molecule has 8 heavy (non-hydrogen) atoms. The van der Waals surface area contributed by atoms with Crippen LogP contribution in [0.2, 0.25) is 0 Å². The smallest absolute Gasteiger partial charge is 0.308 e.